The highest BCUT2D eigenvalue weighted by atomic mass is 15.1. The second-order valence-corrected chi connectivity index (χ2v) is 4.14. The van der Waals surface area contributed by atoms with Crippen LogP contribution in [0.2, 0.25) is 0 Å². The zero-order valence-electron chi connectivity index (χ0n) is 7.89. The molecule has 0 unspecified atom stereocenters. The molecule has 0 aliphatic carbocycles. The standard InChI is InChI=1S/C9H15N3/c1-9(2)5-10-4-7-8(9)11-6-12(7)3/h6,10H,4-5H2,1-3H3. The average Bonchev–Trinajstić information content (AvgIpc) is 2.33. The van der Waals surface area contributed by atoms with Crippen molar-refractivity contribution in [3.8, 4) is 0 Å². The fourth-order valence-corrected chi connectivity index (χ4v) is 1.81. The molecule has 1 aliphatic heterocycles. The van der Waals surface area contributed by atoms with Crippen LogP contribution in [0, 0.1) is 0 Å². The van der Waals surface area contributed by atoms with Crippen molar-refractivity contribution in [3.05, 3.63) is 17.7 Å². The van der Waals surface area contributed by atoms with E-state index >= 15 is 0 Å². The molecule has 0 spiro atoms. The molecular weight excluding hydrogens is 150 g/mol. The molecule has 2 rings (SSSR count). The fraction of sp³-hybridized carbons (Fsp3) is 0.667. The van der Waals surface area contributed by atoms with E-state index < -0.39 is 0 Å². The van der Waals surface area contributed by atoms with Crippen molar-refractivity contribution >= 4 is 0 Å². The number of aryl methyl sites for hydroxylation is 1. The Labute approximate surface area is 72.8 Å². The molecule has 0 saturated carbocycles. The van der Waals surface area contributed by atoms with Crippen molar-refractivity contribution in [3.63, 3.8) is 0 Å². The monoisotopic (exact) mass is 165 g/mol. The quantitative estimate of drug-likeness (QED) is 0.616. The van der Waals surface area contributed by atoms with Crippen molar-refractivity contribution in [2.45, 2.75) is 25.8 Å². The van der Waals surface area contributed by atoms with Crippen LogP contribution in [0.3, 0.4) is 0 Å². The SMILES string of the molecule is Cn1cnc2c1CNCC2(C)C. The molecule has 66 valence electrons. The summed E-state index contributed by atoms with van der Waals surface area (Å²) in [6, 6.07) is 0. The summed E-state index contributed by atoms with van der Waals surface area (Å²) in [6.45, 7) is 6.43. The van der Waals surface area contributed by atoms with Gasteiger partial charge in [-0.2, -0.15) is 0 Å². The largest absolute Gasteiger partial charge is 0.336 e. The Morgan fingerprint density at radius 1 is 1.58 bits per heavy atom. The van der Waals surface area contributed by atoms with E-state index in [0.717, 1.165) is 13.1 Å². The molecule has 1 N–H and O–H groups in total. The van der Waals surface area contributed by atoms with Crippen LogP contribution in [-0.2, 0) is 19.0 Å². The highest BCUT2D eigenvalue weighted by molar-refractivity contribution is 5.25. The first-order valence-corrected chi connectivity index (χ1v) is 4.33. The number of aromatic nitrogens is 2. The van der Waals surface area contributed by atoms with E-state index in [-0.39, 0.29) is 5.41 Å². The van der Waals surface area contributed by atoms with Gasteiger partial charge in [0.15, 0.2) is 0 Å². The highest BCUT2D eigenvalue weighted by Crippen LogP contribution is 2.27. The first kappa shape index (κ1) is 7.80. The van der Waals surface area contributed by atoms with Crippen LogP contribution in [-0.4, -0.2) is 16.1 Å². The zero-order chi connectivity index (χ0) is 8.77. The molecule has 0 bridgehead atoms. The van der Waals surface area contributed by atoms with Gasteiger partial charge in [0.25, 0.3) is 0 Å². The number of nitrogens with one attached hydrogen (secondary N) is 1. The topological polar surface area (TPSA) is 29.9 Å². The maximum Gasteiger partial charge on any atom is 0.0949 e. The van der Waals surface area contributed by atoms with Crippen LogP contribution in [0.15, 0.2) is 6.33 Å². The molecule has 0 atom stereocenters. The number of rotatable bonds is 0. The van der Waals surface area contributed by atoms with E-state index in [1.165, 1.54) is 11.4 Å². The normalized spacial score (nSPS) is 20.6. The van der Waals surface area contributed by atoms with Gasteiger partial charge in [-0.25, -0.2) is 4.98 Å². The molecule has 1 aliphatic rings. The summed E-state index contributed by atoms with van der Waals surface area (Å²) in [5.41, 5.74) is 2.77. The van der Waals surface area contributed by atoms with E-state index in [1.807, 2.05) is 6.33 Å². The average molecular weight is 165 g/mol. The van der Waals surface area contributed by atoms with E-state index in [4.69, 9.17) is 0 Å². The Hall–Kier alpha value is -0.830. The van der Waals surface area contributed by atoms with E-state index in [2.05, 4.69) is 35.8 Å². The molecule has 12 heavy (non-hydrogen) atoms. The van der Waals surface area contributed by atoms with E-state index in [1.54, 1.807) is 0 Å². The van der Waals surface area contributed by atoms with Crippen molar-refractivity contribution in [2.24, 2.45) is 7.05 Å². The van der Waals surface area contributed by atoms with Gasteiger partial charge in [0, 0.05) is 25.6 Å². The van der Waals surface area contributed by atoms with E-state index in [9.17, 15) is 0 Å². The molecule has 1 aromatic rings. The molecule has 3 heteroatoms. The third kappa shape index (κ3) is 0.966. The van der Waals surface area contributed by atoms with Gasteiger partial charge in [-0.3, -0.25) is 0 Å². The van der Waals surface area contributed by atoms with Gasteiger partial charge >= 0.3 is 0 Å². The van der Waals surface area contributed by atoms with Gasteiger partial charge in [-0.1, -0.05) is 13.8 Å². The van der Waals surface area contributed by atoms with Gasteiger partial charge in [0.2, 0.25) is 0 Å². The summed E-state index contributed by atoms with van der Waals surface area (Å²) < 4.78 is 2.10. The second kappa shape index (κ2) is 2.33. The minimum Gasteiger partial charge on any atom is -0.336 e. The minimum atomic E-state index is 0.189. The van der Waals surface area contributed by atoms with Crippen LogP contribution in [0.4, 0.5) is 0 Å². The van der Waals surface area contributed by atoms with Crippen LogP contribution in [0.5, 0.6) is 0 Å². The van der Waals surface area contributed by atoms with Crippen LogP contribution < -0.4 is 5.32 Å². The van der Waals surface area contributed by atoms with Gasteiger partial charge in [-0.15, -0.1) is 0 Å². The molecule has 0 saturated heterocycles. The van der Waals surface area contributed by atoms with E-state index in [0.29, 0.717) is 0 Å². The first-order chi connectivity index (χ1) is 5.61. The summed E-state index contributed by atoms with van der Waals surface area (Å²) >= 11 is 0. The van der Waals surface area contributed by atoms with Gasteiger partial charge in [-0.05, 0) is 0 Å². The maximum absolute atomic E-state index is 4.43. The van der Waals surface area contributed by atoms with Crippen molar-refractivity contribution in [1.29, 1.82) is 0 Å². The molecule has 1 aromatic heterocycles. The summed E-state index contributed by atoms with van der Waals surface area (Å²) in [5, 5.41) is 3.40. The van der Waals surface area contributed by atoms with Gasteiger partial charge in [0.05, 0.1) is 17.7 Å². The lowest BCUT2D eigenvalue weighted by Crippen LogP contribution is -2.39. The predicted molar refractivity (Wildman–Crippen MR) is 47.9 cm³/mol. The van der Waals surface area contributed by atoms with Crippen LogP contribution >= 0.6 is 0 Å². The van der Waals surface area contributed by atoms with Crippen LogP contribution in [0.1, 0.15) is 25.2 Å². The molecule has 0 radical (unpaired) electrons. The summed E-state index contributed by atoms with van der Waals surface area (Å²) in [4.78, 5) is 4.43. The van der Waals surface area contributed by atoms with Crippen molar-refractivity contribution in [1.82, 2.24) is 14.9 Å². The minimum absolute atomic E-state index is 0.189. The predicted octanol–water partition coefficient (Wildman–Crippen LogP) is 0.801. The number of fused-ring (bicyclic) bond motifs is 1. The third-order valence-corrected chi connectivity index (χ3v) is 2.56. The Kier molecular flexibility index (Phi) is 1.51. The van der Waals surface area contributed by atoms with Crippen molar-refractivity contribution < 1.29 is 0 Å². The zero-order valence-corrected chi connectivity index (χ0v) is 7.89. The Morgan fingerprint density at radius 3 is 3.00 bits per heavy atom. The smallest absolute Gasteiger partial charge is 0.0949 e. The summed E-state index contributed by atoms with van der Waals surface area (Å²) in [6.07, 6.45) is 1.90. The molecule has 0 amide bonds. The molecule has 0 aromatic carbocycles. The number of hydrogen-bond donors (Lipinski definition) is 1. The Morgan fingerprint density at radius 2 is 2.33 bits per heavy atom. The first-order valence-electron chi connectivity index (χ1n) is 4.33. The molecule has 2 heterocycles. The lowest BCUT2D eigenvalue weighted by Gasteiger charge is -2.29. The highest BCUT2D eigenvalue weighted by Gasteiger charge is 2.30. The Bertz CT molecular complexity index is 299. The van der Waals surface area contributed by atoms with Gasteiger partial charge in [0.1, 0.15) is 0 Å². The number of nitrogens with zero attached hydrogens (tertiary/aromatic N) is 2. The lowest BCUT2D eigenvalue weighted by molar-refractivity contribution is 0.418. The number of imidazole rings is 1. The molecule has 0 fully saturated rings. The third-order valence-electron chi connectivity index (χ3n) is 2.56. The lowest BCUT2D eigenvalue weighted by atomic mass is 9.85. The second-order valence-electron chi connectivity index (χ2n) is 4.14. The van der Waals surface area contributed by atoms with Gasteiger partial charge < -0.3 is 9.88 Å². The molecule has 3 nitrogen and oxygen atoms in total. The number of hydrogen-bond acceptors (Lipinski definition) is 2. The van der Waals surface area contributed by atoms with Crippen molar-refractivity contribution in [2.75, 3.05) is 6.54 Å². The molecular formula is C9H15N3. The fourth-order valence-electron chi connectivity index (χ4n) is 1.81. The maximum atomic E-state index is 4.43. The summed E-state index contributed by atoms with van der Waals surface area (Å²) in [7, 11) is 2.05. The Balaban J connectivity index is 2.53. The summed E-state index contributed by atoms with van der Waals surface area (Å²) in [5.74, 6) is 0. The van der Waals surface area contributed by atoms with Crippen LogP contribution in [0.25, 0.3) is 0 Å².